The fraction of sp³-hybridized carbons (Fsp3) is 0.409. The van der Waals surface area contributed by atoms with E-state index in [0.29, 0.717) is 6.54 Å². The molecular weight excluding hydrogens is 338 g/mol. The molecule has 0 saturated heterocycles. The van der Waals surface area contributed by atoms with E-state index >= 15 is 0 Å². The molecule has 5 nitrogen and oxygen atoms in total. The van der Waals surface area contributed by atoms with Gasteiger partial charge in [0.25, 0.3) is 0 Å². The summed E-state index contributed by atoms with van der Waals surface area (Å²) < 4.78 is 0. The third kappa shape index (κ3) is 4.94. The van der Waals surface area contributed by atoms with Crippen LogP contribution in [0.3, 0.4) is 0 Å². The van der Waals surface area contributed by atoms with Crippen LogP contribution < -0.4 is 5.32 Å². The first-order chi connectivity index (χ1) is 12.8. The van der Waals surface area contributed by atoms with Crippen LogP contribution in [-0.2, 0) is 22.4 Å². The van der Waals surface area contributed by atoms with Crippen molar-refractivity contribution < 1.29 is 9.59 Å². The lowest BCUT2D eigenvalue weighted by Crippen LogP contribution is -2.46. The number of carbonyl (C=O) groups excluding carboxylic acids is 2. The van der Waals surface area contributed by atoms with Gasteiger partial charge in [0, 0.05) is 31.7 Å². The summed E-state index contributed by atoms with van der Waals surface area (Å²) in [6, 6.07) is 9.80. The molecule has 1 heterocycles. The van der Waals surface area contributed by atoms with Crippen molar-refractivity contribution in [2.45, 2.75) is 40.5 Å². The molecule has 0 aliphatic heterocycles. The summed E-state index contributed by atoms with van der Waals surface area (Å²) in [6.45, 7) is 7.91. The molecule has 0 saturated carbocycles. The van der Waals surface area contributed by atoms with Crippen LogP contribution in [0.25, 0.3) is 0 Å². The molecule has 0 aliphatic carbocycles. The van der Waals surface area contributed by atoms with Crippen LogP contribution in [0.5, 0.6) is 0 Å². The number of carbonyl (C=O) groups is 2. The average Bonchev–Trinajstić information content (AvgIpc) is 2.67. The molecule has 0 spiro atoms. The van der Waals surface area contributed by atoms with Crippen LogP contribution in [-0.4, -0.2) is 35.3 Å². The zero-order valence-electron chi connectivity index (χ0n) is 16.9. The van der Waals surface area contributed by atoms with E-state index < -0.39 is 5.41 Å². The van der Waals surface area contributed by atoms with Crippen molar-refractivity contribution >= 4 is 17.5 Å². The van der Waals surface area contributed by atoms with E-state index in [-0.39, 0.29) is 11.8 Å². The van der Waals surface area contributed by atoms with Gasteiger partial charge in [0.2, 0.25) is 11.8 Å². The Hall–Kier alpha value is -2.69. The number of hydrogen-bond donors (Lipinski definition) is 1. The smallest absolute Gasteiger partial charge is 0.239 e. The van der Waals surface area contributed by atoms with E-state index in [2.05, 4.69) is 10.3 Å². The number of aromatic nitrogens is 1. The number of likely N-dealkylation sites (N-methyl/N-ethyl adjacent to an activating group) is 1. The van der Waals surface area contributed by atoms with Crippen molar-refractivity contribution in [2.24, 2.45) is 5.41 Å². The first-order valence-corrected chi connectivity index (χ1v) is 9.31. The molecule has 144 valence electrons. The number of hydrogen-bond acceptors (Lipinski definition) is 3. The van der Waals surface area contributed by atoms with Crippen molar-refractivity contribution in [3.63, 3.8) is 0 Å². The van der Waals surface area contributed by atoms with Gasteiger partial charge in [0.15, 0.2) is 0 Å². The molecule has 0 aliphatic rings. The normalized spacial score (nSPS) is 11.1. The van der Waals surface area contributed by atoms with Gasteiger partial charge in [-0.05, 0) is 62.4 Å². The summed E-state index contributed by atoms with van der Waals surface area (Å²) in [4.78, 5) is 31.4. The first kappa shape index (κ1) is 20.6. The molecule has 0 unspecified atom stereocenters. The van der Waals surface area contributed by atoms with Gasteiger partial charge >= 0.3 is 0 Å². The SMILES string of the molecule is CCc1cccc(C)c1NC(=O)C(C)(C)C(=O)N(C)CCc1ccncc1. The van der Waals surface area contributed by atoms with Gasteiger partial charge in [0.1, 0.15) is 5.41 Å². The number of benzene rings is 1. The average molecular weight is 367 g/mol. The van der Waals surface area contributed by atoms with Gasteiger partial charge in [-0.25, -0.2) is 0 Å². The Bertz CT molecular complexity index is 800. The first-order valence-electron chi connectivity index (χ1n) is 9.31. The van der Waals surface area contributed by atoms with E-state index in [0.717, 1.165) is 35.2 Å². The second kappa shape index (κ2) is 8.80. The van der Waals surface area contributed by atoms with Crippen molar-refractivity contribution in [1.82, 2.24) is 9.88 Å². The topological polar surface area (TPSA) is 62.3 Å². The summed E-state index contributed by atoms with van der Waals surface area (Å²) >= 11 is 0. The fourth-order valence-electron chi connectivity index (χ4n) is 2.99. The molecule has 27 heavy (non-hydrogen) atoms. The molecule has 1 aromatic carbocycles. The number of aryl methyl sites for hydroxylation is 2. The monoisotopic (exact) mass is 367 g/mol. The lowest BCUT2D eigenvalue weighted by molar-refractivity contribution is -0.145. The number of pyridine rings is 1. The Morgan fingerprint density at radius 2 is 1.81 bits per heavy atom. The predicted molar refractivity (Wildman–Crippen MR) is 109 cm³/mol. The molecule has 0 radical (unpaired) electrons. The van der Waals surface area contributed by atoms with Crippen molar-refractivity contribution in [3.05, 3.63) is 59.4 Å². The number of para-hydroxylation sites is 1. The minimum absolute atomic E-state index is 0.194. The second-order valence-corrected chi connectivity index (χ2v) is 7.37. The summed E-state index contributed by atoms with van der Waals surface area (Å²) in [5.41, 5.74) is 2.83. The summed E-state index contributed by atoms with van der Waals surface area (Å²) in [5.74, 6) is -0.479. The maximum Gasteiger partial charge on any atom is 0.239 e. The van der Waals surface area contributed by atoms with Gasteiger partial charge in [-0.3, -0.25) is 14.6 Å². The molecule has 1 N–H and O–H groups in total. The zero-order chi connectivity index (χ0) is 20.0. The second-order valence-electron chi connectivity index (χ2n) is 7.37. The van der Waals surface area contributed by atoms with Crippen LogP contribution >= 0.6 is 0 Å². The maximum absolute atomic E-state index is 12.9. The molecule has 5 heteroatoms. The molecule has 0 bridgehead atoms. The summed E-state index contributed by atoms with van der Waals surface area (Å²) in [5, 5.41) is 2.98. The number of nitrogens with one attached hydrogen (secondary N) is 1. The van der Waals surface area contributed by atoms with Crippen molar-refractivity contribution in [2.75, 3.05) is 18.9 Å². The number of amides is 2. The standard InChI is InChI=1S/C22H29N3O2/c1-6-18-9-7-8-16(2)19(18)24-20(26)22(3,4)21(27)25(5)15-12-17-10-13-23-14-11-17/h7-11,13-14H,6,12,15H2,1-5H3,(H,24,26). The van der Waals surface area contributed by atoms with Gasteiger partial charge in [0.05, 0.1) is 0 Å². The Labute approximate surface area is 161 Å². The Morgan fingerprint density at radius 3 is 2.44 bits per heavy atom. The van der Waals surface area contributed by atoms with E-state index in [1.165, 1.54) is 0 Å². The van der Waals surface area contributed by atoms with Crippen molar-refractivity contribution in [1.29, 1.82) is 0 Å². The zero-order valence-corrected chi connectivity index (χ0v) is 16.9. The maximum atomic E-state index is 12.9. The van der Waals surface area contributed by atoms with Crippen LogP contribution in [0.2, 0.25) is 0 Å². The molecule has 0 fully saturated rings. The minimum Gasteiger partial charge on any atom is -0.345 e. The molecule has 2 aromatic rings. The van der Waals surface area contributed by atoms with Crippen LogP contribution in [0.15, 0.2) is 42.7 Å². The predicted octanol–water partition coefficient (Wildman–Crippen LogP) is 3.62. The van der Waals surface area contributed by atoms with E-state index in [4.69, 9.17) is 0 Å². The van der Waals surface area contributed by atoms with Gasteiger partial charge in [-0.2, -0.15) is 0 Å². The lowest BCUT2D eigenvalue weighted by Gasteiger charge is -2.29. The molecule has 2 rings (SSSR count). The van der Waals surface area contributed by atoms with Crippen molar-refractivity contribution in [3.8, 4) is 0 Å². The minimum atomic E-state index is -1.15. The molecule has 1 aromatic heterocycles. The third-order valence-corrected chi connectivity index (χ3v) is 4.91. The van der Waals surface area contributed by atoms with Gasteiger partial charge in [-0.1, -0.05) is 25.1 Å². The molecular formula is C22H29N3O2. The van der Waals surface area contributed by atoms with Crippen LogP contribution in [0.4, 0.5) is 5.69 Å². The molecule has 2 amide bonds. The highest BCUT2D eigenvalue weighted by Gasteiger charge is 2.38. The van der Waals surface area contributed by atoms with Crippen LogP contribution in [0, 0.1) is 12.3 Å². The van der Waals surface area contributed by atoms with E-state index in [1.54, 1.807) is 38.2 Å². The van der Waals surface area contributed by atoms with E-state index in [1.807, 2.05) is 44.2 Å². The molecule has 0 atom stereocenters. The Kier molecular flexibility index (Phi) is 6.72. The van der Waals surface area contributed by atoms with Gasteiger partial charge < -0.3 is 10.2 Å². The number of rotatable bonds is 7. The number of nitrogens with zero attached hydrogens (tertiary/aromatic N) is 2. The van der Waals surface area contributed by atoms with Crippen LogP contribution in [0.1, 0.15) is 37.5 Å². The fourth-order valence-corrected chi connectivity index (χ4v) is 2.99. The largest absolute Gasteiger partial charge is 0.345 e. The number of anilines is 1. The Balaban J connectivity index is 2.07. The highest BCUT2D eigenvalue weighted by Crippen LogP contribution is 2.26. The Morgan fingerprint density at radius 1 is 1.15 bits per heavy atom. The summed E-state index contributed by atoms with van der Waals surface area (Å²) in [6.07, 6.45) is 5.02. The summed E-state index contributed by atoms with van der Waals surface area (Å²) in [7, 11) is 1.74. The quantitative estimate of drug-likeness (QED) is 0.760. The highest BCUT2D eigenvalue weighted by atomic mass is 16.2. The third-order valence-electron chi connectivity index (χ3n) is 4.91. The van der Waals surface area contributed by atoms with E-state index in [9.17, 15) is 9.59 Å². The van der Waals surface area contributed by atoms with Gasteiger partial charge in [-0.15, -0.1) is 0 Å². The lowest BCUT2D eigenvalue weighted by atomic mass is 9.89. The highest BCUT2D eigenvalue weighted by molar-refractivity contribution is 6.10.